The van der Waals surface area contributed by atoms with Gasteiger partial charge >= 0.3 is 7.82 Å². The molecule has 0 fully saturated rings. The molecule has 3 atom stereocenters. The summed E-state index contributed by atoms with van der Waals surface area (Å²) >= 11 is 0. The van der Waals surface area contributed by atoms with Crippen LogP contribution in [0.25, 0.3) is 0 Å². The number of quaternary nitrogens is 1. The highest BCUT2D eigenvalue weighted by Crippen LogP contribution is 2.43. The second kappa shape index (κ2) is 58.4. The zero-order valence-corrected chi connectivity index (χ0v) is 52.4. The van der Waals surface area contributed by atoms with Gasteiger partial charge in [0, 0.05) is 6.42 Å². The van der Waals surface area contributed by atoms with Crippen LogP contribution in [-0.4, -0.2) is 73.4 Å². The summed E-state index contributed by atoms with van der Waals surface area (Å²) in [5, 5.41) is 14.0. The highest BCUT2D eigenvalue weighted by molar-refractivity contribution is 7.47. The molecule has 3 unspecified atom stereocenters. The van der Waals surface area contributed by atoms with Gasteiger partial charge < -0.3 is 19.8 Å². The molecule has 0 rings (SSSR count). The van der Waals surface area contributed by atoms with Crippen LogP contribution < -0.4 is 5.32 Å². The Bertz CT molecular complexity index is 1330. The molecular weight excluding hydrogens is 960 g/mol. The van der Waals surface area contributed by atoms with Gasteiger partial charge in [-0.05, 0) is 51.4 Å². The largest absolute Gasteiger partial charge is 0.472 e. The van der Waals surface area contributed by atoms with Crippen LogP contribution in [-0.2, 0) is 18.4 Å². The lowest BCUT2D eigenvalue weighted by Crippen LogP contribution is -2.45. The minimum Gasteiger partial charge on any atom is -0.387 e. The van der Waals surface area contributed by atoms with Gasteiger partial charge in [-0.15, -0.1) is 0 Å². The van der Waals surface area contributed by atoms with Gasteiger partial charge in [-0.3, -0.25) is 13.8 Å². The molecule has 0 saturated heterocycles. The van der Waals surface area contributed by atoms with Crippen LogP contribution in [0.15, 0.2) is 36.5 Å². The second-order valence-corrected chi connectivity index (χ2v) is 25.7. The Balaban J connectivity index is 3.97. The molecule has 0 aromatic carbocycles. The topological polar surface area (TPSA) is 105 Å². The van der Waals surface area contributed by atoms with Gasteiger partial charge in [0.15, 0.2) is 0 Å². The zero-order chi connectivity index (χ0) is 55.6. The molecule has 450 valence electrons. The van der Waals surface area contributed by atoms with Gasteiger partial charge in [-0.25, -0.2) is 4.57 Å². The quantitative estimate of drug-likeness (QED) is 0.0243. The summed E-state index contributed by atoms with van der Waals surface area (Å²) in [6.45, 7) is 4.86. The standard InChI is InChI=1S/C67H131N2O6P/c1-6-8-10-12-14-16-18-20-22-24-25-26-27-28-29-30-31-32-33-34-35-36-37-38-39-40-41-42-43-45-47-49-51-53-55-57-59-61-67(71)68-65(64-75-76(72,73)74-63-62-69(3,4)5)66(70)60-58-56-54-52-50-48-46-44-23-21-19-17-15-13-11-9-7-2/h29-30,32-33,58,60,65-66,70H,6-28,31,34-57,59,61-64H2,1-5H3,(H-,68,71,72,73)/p+1/b30-29-,33-32-,60-58+. The first kappa shape index (κ1) is 74.7. The Labute approximate surface area is 474 Å². The van der Waals surface area contributed by atoms with Crippen molar-refractivity contribution in [2.75, 3.05) is 40.9 Å². The van der Waals surface area contributed by atoms with Crippen molar-refractivity contribution in [2.24, 2.45) is 0 Å². The molecule has 0 saturated carbocycles. The predicted molar refractivity (Wildman–Crippen MR) is 332 cm³/mol. The molecule has 76 heavy (non-hydrogen) atoms. The lowest BCUT2D eigenvalue weighted by molar-refractivity contribution is -0.870. The monoisotopic (exact) mass is 1090 g/mol. The summed E-state index contributed by atoms with van der Waals surface area (Å²) in [5.41, 5.74) is 0. The van der Waals surface area contributed by atoms with E-state index in [4.69, 9.17) is 9.05 Å². The minimum absolute atomic E-state index is 0.0630. The first-order valence-corrected chi connectivity index (χ1v) is 34.9. The molecule has 9 heteroatoms. The van der Waals surface area contributed by atoms with Crippen LogP contribution in [0.4, 0.5) is 0 Å². The number of allylic oxidation sites excluding steroid dienone is 5. The van der Waals surface area contributed by atoms with Crippen LogP contribution in [0.1, 0.15) is 335 Å². The molecule has 1 amide bonds. The summed E-state index contributed by atoms with van der Waals surface area (Å²) in [4.78, 5) is 23.3. The molecule has 0 aliphatic carbocycles. The lowest BCUT2D eigenvalue weighted by Gasteiger charge is -2.25. The lowest BCUT2D eigenvalue weighted by atomic mass is 10.0. The maximum atomic E-state index is 13.0. The van der Waals surface area contributed by atoms with E-state index in [1.54, 1.807) is 6.08 Å². The van der Waals surface area contributed by atoms with Crippen LogP contribution in [0.2, 0.25) is 0 Å². The predicted octanol–water partition coefficient (Wildman–Crippen LogP) is 20.9. The third-order valence-corrected chi connectivity index (χ3v) is 16.3. The van der Waals surface area contributed by atoms with E-state index >= 15 is 0 Å². The van der Waals surface area contributed by atoms with E-state index < -0.39 is 20.0 Å². The molecule has 0 aromatic rings. The number of phosphoric ester groups is 1. The molecule has 8 nitrogen and oxygen atoms in total. The molecule has 0 heterocycles. The first-order valence-electron chi connectivity index (χ1n) is 33.4. The number of aliphatic hydroxyl groups excluding tert-OH is 1. The minimum atomic E-state index is -4.35. The van der Waals surface area contributed by atoms with E-state index in [1.807, 2.05) is 27.2 Å². The second-order valence-electron chi connectivity index (χ2n) is 24.2. The van der Waals surface area contributed by atoms with Crippen molar-refractivity contribution in [1.82, 2.24) is 5.32 Å². The van der Waals surface area contributed by atoms with E-state index in [2.05, 4.69) is 43.5 Å². The van der Waals surface area contributed by atoms with Crippen molar-refractivity contribution < 1.29 is 32.9 Å². The number of carbonyl (C=O) groups is 1. The molecule has 0 radical (unpaired) electrons. The van der Waals surface area contributed by atoms with Crippen LogP contribution in [0.5, 0.6) is 0 Å². The average Bonchev–Trinajstić information content (AvgIpc) is 3.38. The van der Waals surface area contributed by atoms with Gasteiger partial charge in [0.1, 0.15) is 13.2 Å². The maximum absolute atomic E-state index is 13.0. The Hall–Kier alpha value is -1.28. The summed E-state index contributed by atoms with van der Waals surface area (Å²) in [6.07, 6.45) is 77.1. The summed E-state index contributed by atoms with van der Waals surface area (Å²) in [7, 11) is 1.58. The Morgan fingerprint density at radius 2 is 0.750 bits per heavy atom. The molecule has 0 aliphatic heterocycles. The van der Waals surface area contributed by atoms with Crippen molar-refractivity contribution in [2.45, 2.75) is 347 Å². The molecule has 3 N–H and O–H groups in total. The number of unbranched alkanes of at least 4 members (excludes halogenated alkanes) is 45. The van der Waals surface area contributed by atoms with E-state index in [0.29, 0.717) is 17.4 Å². The van der Waals surface area contributed by atoms with E-state index in [9.17, 15) is 19.4 Å². The molecule has 0 bridgehead atoms. The first-order chi connectivity index (χ1) is 37.0. The molecule has 0 aliphatic rings. The fourth-order valence-electron chi connectivity index (χ4n) is 10.1. The summed E-state index contributed by atoms with van der Waals surface area (Å²) in [5.74, 6) is -0.172. The summed E-state index contributed by atoms with van der Waals surface area (Å²) in [6, 6.07) is -0.846. The zero-order valence-electron chi connectivity index (χ0n) is 51.5. The van der Waals surface area contributed by atoms with Crippen molar-refractivity contribution in [3.05, 3.63) is 36.5 Å². The number of hydrogen-bond acceptors (Lipinski definition) is 5. The number of nitrogens with zero attached hydrogens (tertiary/aromatic N) is 1. The number of nitrogens with one attached hydrogen (secondary N) is 1. The normalized spacial score (nSPS) is 13.9. The number of carbonyl (C=O) groups excluding carboxylic acids is 1. The van der Waals surface area contributed by atoms with Crippen molar-refractivity contribution in [1.29, 1.82) is 0 Å². The highest BCUT2D eigenvalue weighted by atomic mass is 31.2. The van der Waals surface area contributed by atoms with Gasteiger partial charge in [0.25, 0.3) is 0 Å². The van der Waals surface area contributed by atoms with Gasteiger partial charge in [0.05, 0.1) is 39.9 Å². The fourth-order valence-corrected chi connectivity index (χ4v) is 10.9. The number of likely N-dealkylation sites (N-methyl/N-ethyl adjacent to an activating group) is 1. The molecule has 0 aromatic heterocycles. The fraction of sp³-hybridized carbons (Fsp3) is 0.896. The van der Waals surface area contributed by atoms with Crippen LogP contribution >= 0.6 is 7.82 Å². The number of aliphatic hydroxyl groups is 1. The van der Waals surface area contributed by atoms with Crippen LogP contribution in [0, 0.1) is 0 Å². The third kappa shape index (κ3) is 60.4. The van der Waals surface area contributed by atoms with E-state index in [-0.39, 0.29) is 19.1 Å². The molecule has 0 spiro atoms. The smallest absolute Gasteiger partial charge is 0.387 e. The van der Waals surface area contributed by atoms with Crippen molar-refractivity contribution in [3.8, 4) is 0 Å². The Morgan fingerprint density at radius 1 is 0.447 bits per heavy atom. The number of rotatable bonds is 62. The maximum Gasteiger partial charge on any atom is 0.472 e. The van der Waals surface area contributed by atoms with Crippen molar-refractivity contribution in [3.63, 3.8) is 0 Å². The van der Waals surface area contributed by atoms with Gasteiger partial charge in [-0.2, -0.15) is 0 Å². The van der Waals surface area contributed by atoms with Crippen LogP contribution in [0.3, 0.4) is 0 Å². The number of phosphoric acid groups is 1. The SMILES string of the molecule is CCCCCCCCCCCCCCC/C=C\C/C=C\CCCCCCCCCCCCCCCCCCCC(=O)NC(COP(=O)(O)OCC[N+](C)(C)C)C(O)/C=C/CCCCCCCCCCCCCCCCC. The average molecular weight is 1090 g/mol. The third-order valence-electron chi connectivity index (χ3n) is 15.4. The highest BCUT2D eigenvalue weighted by Gasteiger charge is 2.28. The van der Waals surface area contributed by atoms with Crippen molar-refractivity contribution >= 4 is 13.7 Å². The molecular formula is C67H132N2O6P+. The Morgan fingerprint density at radius 3 is 1.08 bits per heavy atom. The van der Waals surface area contributed by atoms with E-state index in [0.717, 1.165) is 44.9 Å². The Kier molecular flexibility index (Phi) is 57.4. The number of amides is 1. The summed E-state index contributed by atoms with van der Waals surface area (Å²) < 4.78 is 23.8. The van der Waals surface area contributed by atoms with E-state index in [1.165, 1.54) is 270 Å². The van der Waals surface area contributed by atoms with Gasteiger partial charge in [-0.1, -0.05) is 314 Å². The van der Waals surface area contributed by atoms with Gasteiger partial charge in [0.2, 0.25) is 5.91 Å². The number of hydrogen-bond donors (Lipinski definition) is 3.